The molecule has 2 rings (SSSR count). The molecule has 1 aromatic rings. The minimum Gasteiger partial charge on any atom is -0.491 e. The van der Waals surface area contributed by atoms with Crippen LogP contribution >= 0.6 is 0 Å². The van der Waals surface area contributed by atoms with E-state index in [1.807, 2.05) is 38.1 Å². The quantitative estimate of drug-likeness (QED) is 0.800. The third-order valence-electron chi connectivity index (χ3n) is 3.01. The number of benzene rings is 1. The van der Waals surface area contributed by atoms with Crippen molar-refractivity contribution in [3.05, 3.63) is 29.8 Å². The van der Waals surface area contributed by atoms with Gasteiger partial charge in [-0.15, -0.1) is 0 Å². The minimum absolute atomic E-state index is 0.0922. The lowest BCUT2D eigenvalue weighted by Crippen LogP contribution is -2.46. The molecular formula is C14H17NO2. The summed E-state index contributed by atoms with van der Waals surface area (Å²) in [6.45, 7) is 5.30. The fourth-order valence-corrected chi connectivity index (χ4v) is 2.03. The number of ether oxygens (including phenoxy) is 2. The summed E-state index contributed by atoms with van der Waals surface area (Å²) in [6, 6.07) is 10.3. The molecule has 3 heteroatoms. The van der Waals surface area contributed by atoms with Crippen LogP contribution in [0.4, 0.5) is 0 Å². The molecule has 0 unspecified atom stereocenters. The molecule has 1 aromatic carbocycles. The van der Waals surface area contributed by atoms with E-state index < -0.39 is 0 Å². The van der Waals surface area contributed by atoms with Crippen LogP contribution in [0.5, 0.6) is 5.75 Å². The zero-order valence-electron chi connectivity index (χ0n) is 10.3. The molecule has 0 radical (unpaired) electrons. The normalized spacial score (nSPS) is 17.3. The van der Waals surface area contributed by atoms with Crippen molar-refractivity contribution >= 4 is 0 Å². The molecule has 0 aliphatic carbocycles. The number of hydrogen-bond donors (Lipinski definition) is 0. The van der Waals surface area contributed by atoms with Crippen LogP contribution in [-0.2, 0) is 10.2 Å². The Balaban J connectivity index is 2.14. The van der Waals surface area contributed by atoms with E-state index in [9.17, 15) is 0 Å². The number of hydrogen-bond acceptors (Lipinski definition) is 3. The number of nitrogens with zero attached hydrogens (tertiary/aromatic N) is 1. The van der Waals surface area contributed by atoms with Crippen LogP contribution in [0.3, 0.4) is 0 Å². The van der Waals surface area contributed by atoms with Crippen molar-refractivity contribution in [2.24, 2.45) is 0 Å². The first-order valence-corrected chi connectivity index (χ1v) is 5.88. The third kappa shape index (κ3) is 2.42. The molecule has 1 saturated heterocycles. The standard InChI is InChI=1S/C14H17NO2/c1-11(2)17-13-5-3-12(4-6-13)14(7-8-15)9-16-10-14/h3-6,11H,7,9-10H2,1-2H3. The molecule has 0 N–H and O–H groups in total. The zero-order chi connectivity index (χ0) is 12.3. The molecule has 17 heavy (non-hydrogen) atoms. The van der Waals surface area contributed by atoms with Crippen molar-refractivity contribution in [1.82, 2.24) is 0 Å². The Labute approximate surface area is 102 Å². The average Bonchev–Trinajstić information content (AvgIpc) is 2.24. The Morgan fingerprint density at radius 2 is 2.00 bits per heavy atom. The van der Waals surface area contributed by atoms with E-state index in [1.54, 1.807) is 0 Å². The fraction of sp³-hybridized carbons (Fsp3) is 0.500. The Kier molecular flexibility index (Phi) is 3.35. The molecule has 0 amide bonds. The lowest BCUT2D eigenvalue weighted by atomic mass is 9.76. The van der Waals surface area contributed by atoms with Crippen molar-refractivity contribution in [3.8, 4) is 11.8 Å². The van der Waals surface area contributed by atoms with E-state index in [2.05, 4.69) is 6.07 Å². The van der Waals surface area contributed by atoms with E-state index >= 15 is 0 Å². The van der Waals surface area contributed by atoms with Crippen LogP contribution in [0.1, 0.15) is 25.8 Å². The average molecular weight is 231 g/mol. The van der Waals surface area contributed by atoms with E-state index in [0.717, 1.165) is 5.75 Å². The summed E-state index contributed by atoms with van der Waals surface area (Å²) in [5.41, 5.74) is 1.08. The molecule has 1 heterocycles. The van der Waals surface area contributed by atoms with Crippen molar-refractivity contribution in [2.45, 2.75) is 31.8 Å². The highest BCUT2D eigenvalue weighted by molar-refractivity contribution is 5.35. The Morgan fingerprint density at radius 3 is 2.41 bits per heavy atom. The van der Waals surface area contributed by atoms with Crippen LogP contribution in [0.15, 0.2) is 24.3 Å². The fourth-order valence-electron chi connectivity index (χ4n) is 2.03. The maximum Gasteiger partial charge on any atom is 0.119 e. The topological polar surface area (TPSA) is 42.2 Å². The predicted molar refractivity (Wildman–Crippen MR) is 64.9 cm³/mol. The molecule has 0 spiro atoms. The number of rotatable bonds is 4. The van der Waals surface area contributed by atoms with Crippen molar-refractivity contribution in [3.63, 3.8) is 0 Å². The van der Waals surface area contributed by atoms with Gasteiger partial charge in [0.1, 0.15) is 5.75 Å². The van der Waals surface area contributed by atoms with Gasteiger partial charge in [-0.1, -0.05) is 12.1 Å². The molecule has 0 saturated carbocycles. The van der Waals surface area contributed by atoms with Gasteiger partial charge in [0.25, 0.3) is 0 Å². The smallest absolute Gasteiger partial charge is 0.119 e. The van der Waals surface area contributed by atoms with Crippen LogP contribution in [0.2, 0.25) is 0 Å². The SMILES string of the molecule is CC(C)Oc1ccc(C2(CC#N)COC2)cc1. The third-order valence-corrected chi connectivity index (χ3v) is 3.01. The molecule has 90 valence electrons. The van der Waals surface area contributed by atoms with Crippen LogP contribution in [-0.4, -0.2) is 19.3 Å². The van der Waals surface area contributed by atoms with Crippen LogP contribution in [0.25, 0.3) is 0 Å². The maximum atomic E-state index is 8.87. The molecule has 0 aromatic heterocycles. The van der Waals surface area contributed by atoms with Crippen LogP contribution < -0.4 is 4.74 Å². The molecular weight excluding hydrogens is 214 g/mol. The van der Waals surface area contributed by atoms with Crippen molar-refractivity contribution < 1.29 is 9.47 Å². The van der Waals surface area contributed by atoms with Gasteiger partial charge >= 0.3 is 0 Å². The first-order chi connectivity index (χ1) is 8.16. The van der Waals surface area contributed by atoms with E-state index in [0.29, 0.717) is 19.6 Å². The van der Waals surface area contributed by atoms with Crippen molar-refractivity contribution in [2.75, 3.05) is 13.2 Å². The summed E-state index contributed by atoms with van der Waals surface area (Å²) in [4.78, 5) is 0. The van der Waals surface area contributed by atoms with Gasteiger partial charge in [-0.05, 0) is 31.5 Å². The predicted octanol–water partition coefficient (Wildman–Crippen LogP) is 2.66. The van der Waals surface area contributed by atoms with Gasteiger partial charge in [0.05, 0.1) is 30.8 Å². The summed E-state index contributed by atoms with van der Waals surface area (Å²) in [6.07, 6.45) is 0.693. The lowest BCUT2D eigenvalue weighted by molar-refractivity contribution is -0.0577. The van der Waals surface area contributed by atoms with Gasteiger partial charge in [0.15, 0.2) is 0 Å². The summed E-state index contributed by atoms with van der Waals surface area (Å²) in [5.74, 6) is 0.871. The largest absolute Gasteiger partial charge is 0.491 e. The van der Waals surface area contributed by atoms with E-state index in [1.165, 1.54) is 5.56 Å². The van der Waals surface area contributed by atoms with E-state index in [4.69, 9.17) is 14.7 Å². The first kappa shape index (κ1) is 11.9. The molecule has 1 aliphatic rings. The van der Waals surface area contributed by atoms with Gasteiger partial charge < -0.3 is 9.47 Å². The van der Waals surface area contributed by atoms with Crippen molar-refractivity contribution in [1.29, 1.82) is 5.26 Å². The summed E-state index contributed by atoms with van der Waals surface area (Å²) >= 11 is 0. The lowest BCUT2D eigenvalue weighted by Gasteiger charge is -2.40. The second-order valence-electron chi connectivity index (χ2n) is 4.80. The molecule has 0 atom stereocenters. The highest BCUT2D eigenvalue weighted by atomic mass is 16.5. The summed E-state index contributed by atoms with van der Waals surface area (Å²) in [7, 11) is 0. The molecule has 0 bridgehead atoms. The minimum atomic E-state index is -0.0922. The molecule has 3 nitrogen and oxygen atoms in total. The highest BCUT2D eigenvalue weighted by Crippen LogP contribution is 2.36. The van der Waals surface area contributed by atoms with Gasteiger partial charge in [-0.25, -0.2) is 0 Å². The van der Waals surface area contributed by atoms with E-state index in [-0.39, 0.29) is 11.5 Å². The Hall–Kier alpha value is -1.53. The first-order valence-electron chi connectivity index (χ1n) is 5.88. The summed E-state index contributed by atoms with van der Waals surface area (Å²) in [5, 5.41) is 8.87. The van der Waals surface area contributed by atoms with Gasteiger partial charge in [-0.2, -0.15) is 5.26 Å². The Bertz CT molecular complexity index is 413. The van der Waals surface area contributed by atoms with Gasteiger partial charge in [0, 0.05) is 6.42 Å². The van der Waals surface area contributed by atoms with Gasteiger partial charge in [-0.3, -0.25) is 0 Å². The zero-order valence-corrected chi connectivity index (χ0v) is 10.3. The molecule has 1 fully saturated rings. The monoisotopic (exact) mass is 231 g/mol. The van der Waals surface area contributed by atoms with Crippen LogP contribution in [0, 0.1) is 11.3 Å². The second kappa shape index (κ2) is 4.77. The highest BCUT2D eigenvalue weighted by Gasteiger charge is 2.40. The Morgan fingerprint density at radius 1 is 1.35 bits per heavy atom. The number of nitriles is 1. The van der Waals surface area contributed by atoms with Gasteiger partial charge in [0.2, 0.25) is 0 Å². The maximum absolute atomic E-state index is 8.87. The summed E-state index contributed by atoms with van der Waals surface area (Å²) < 4.78 is 10.9. The second-order valence-corrected chi connectivity index (χ2v) is 4.80. The molecule has 1 aliphatic heterocycles.